The van der Waals surface area contributed by atoms with Crippen LogP contribution in [0.4, 0.5) is 5.69 Å². The number of aliphatic hydroxyl groups is 2. The molecule has 0 saturated heterocycles. The van der Waals surface area contributed by atoms with Crippen LogP contribution in [0.15, 0.2) is 125 Å². The van der Waals surface area contributed by atoms with Crippen molar-refractivity contribution in [1.29, 1.82) is 0 Å². The van der Waals surface area contributed by atoms with Gasteiger partial charge >= 0.3 is 0 Å². The van der Waals surface area contributed by atoms with Crippen molar-refractivity contribution < 1.29 is 42.5 Å². The van der Waals surface area contributed by atoms with Gasteiger partial charge in [-0.3, -0.25) is 4.79 Å². The van der Waals surface area contributed by atoms with E-state index in [1.807, 2.05) is 66.7 Å². The van der Waals surface area contributed by atoms with E-state index in [1.165, 1.54) is 23.4 Å². The lowest BCUT2D eigenvalue weighted by atomic mass is 9.55. The van der Waals surface area contributed by atoms with E-state index >= 15 is 0 Å². The Bertz CT molecular complexity index is 2440. The maximum Gasteiger partial charge on any atom is 0.243 e. The van der Waals surface area contributed by atoms with Crippen molar-refractivity contribution in [3.63, 3.8) is 0 Å². The average molecular weight is 892 g/mol. The number of benzene rings is 4. The summed E-state index contributed by atoms with van der Waals surface area (Å²) in [5.74, 6) is -0.866. The number of rotatable bonds is 20. The van der Waals surface area contributed by atoms with Gasteiger partial charge in [0.05, 0.1) is 29.2 Å². The number of aliphatic hydroxyl groups excluding tert-OH is 2. The molecule has 1 fully saturated rings. The highest BCUT2D eigenvalue weighted by Crippen LogP contribution is 2.62. The molecule has 64 heavy (non-hydrogen) atoms. The molecule has 0 unspecified atom stereocenters. The summed E-state index contributed by atoms with van der Waals surface area (Å²) in [7, 11) is -2.70. The number of allylic oxidation sites excluding steroid dienone is 1. The summed E-state index contributed by atoms with van der Waals surface area (Å²) in [5.41, 5.74) is 6.02. The lowest BCUT2D eigenvalue weighted by Gasteiger charge is -2.59. The Morgan fingerprint density at radius 2 is 1.64 bits per heavy atom. The molecule has 6 atom stereocenters. The fraction of sp³-hybridized carbons (Fsp3) is 0.412. The van der Waals surface area contributed by atoms with Crippen LogP contribution in [-0.4, -0.2) is 73.3 Å². The minimum Gasteiger partial charge on any atom is -0.460 e. The van der Waals surface area contributed by atoms with E-state index in [0.717, 1.165) is 53.5 Å². The molecule has 0 bridgehead atoms. The molecule has 1 saturated carbocycles. The fourth-order valence-electron chi connectivity index (χ4n) is 9.69. The lowest BCUT2D eigenvalue weighted by molar-refractivity contribution is -0.250. The molecule has 4 aromatic rings. The predicted molar refractivity (Wildman–Crippen MR) is 248 cm³/mol. The number of nitrogens with zero attached hydrogens (tertiary/aromatic N) is 2. The Morgan fingerprint density at radius 1 is 0.938 bits per heavy atom. The SMILES string of the molecule is C=CCO[C@@]12Oc3ccc(Oc4ccc(C)c(C)c4)cc3[C@H]3[C@H](CCCCO)[C@@H](CCCCO)C=C(C(=NOCc4ccccc4)C[C@@H]1N(C)S(=O)(=O)c1ccc(NC(C)=O)cc1)[C@H]32. The summed E-state index contributed by atoms with van der Waals surface area (Å²) in [6, 6.07) is 26.7. The monoisotopic (exact) mass is 891 g/mol. The van der Waals surface area contributed by atoms with Gasteiger partial charge in [-0.1, -0.05) is 66.5 Å². The number of amides is 1. The molecule has 2 aliphatic carbocycles. The van der Waals surface area contributed by atoms with E-state index in [1.54, 1.807) is 25.3 Å². The van der Waals surface area contributed by atoms with Gasteiger partial charge in [0.25, 0.3) is 0 Å². The molecule has 340 valence electrons. The predicted octanol–water partition coefficient (Wildman–Crippen LogP) is 9.21. The molecule has 12 nitrogen and oxygen atoms in total. The molecule has 13 heteroatoms. The third-order valence-corrected chi connectivity index (χ3v) is 14.8. The van der Waals surface area contributed by atoms with Crippen molar-refractivity contribution in [2.75, 3.05) is 32.2 Å². The zero-order chi connectivity index (χ0) is 45.4. The first-order valence-electron chi connectivity index (χ1n) is 22.2. The summed E-state index contributed by atoms with van der Waals surface area (Å²) >= 11 is 0. The molecule has 1 amide bonds. The summed E-state index contributed by atoms with van der Waals surface area (Å²) in [6.07, 6.45) is 8.36. The lowest BCUT2D eigenvalue weighted by Crippen LogP contribution is -2.69. The van der Waals surface area contributed by atoms with Gasteiger partial charge in [-0.25, -0.2) is 8.42 Å². The Kier molecular flexibility index (Phi) is 15.1. The number of hydrogen-bond acceptors (Lipinski definition) is 10. The minimum absolute atomic E-state index is 0.0151. The van der Waals surface area contributed by atoms with Gasteiger partial charge in [-0.2, -0.15) is 4.31 Å². The Balaban J connectivity index is 1.43. The standard InChI is InChI=1S/C51H61N3O9S/c1-6-28-60-51-48(54(5)64(58,59)42-23-19-39(20-24-42)52-36(4)57)32-46(53-61-33-37-14-8-7-9-15-37)44-30-38(16-10-12-26-55)43(17-11-13-27-56)49(50(44)51)45-31-41(22-25-47(45)63-51)62-40-21-18-34(2)35(3)29-40/h6-9,14-15,18-25,29-31,38,43,48-50,55-56H,1,10-13,16-17,26-28,32-33H2,2-5H3,(H,52,57)/t38-,43+,48-,49+,50+,51+/m0/s1. The topological polar surface area (TPSA) is 156 Å². The summed E-state index contributed by atoms with van der Waals surface area (Å²) in [5, 5.41) is 27.5. The van der Waals surface area contributed by atoms with Crippen molar-refractivity contribution >= 4 is 27.3 Å². The molecule has 3 aliphatic rings. The van der Waals surface area contributed by atoms with Crippen LogP contribution in [0, 0.1) is 31.6 Å². The molecule has 0 radical (unpaired) electrons. The number of anilines is 1. The molecule has 7 rings (SSSR count). The smallest absolute Gasteiger partial charge is 0.243 e. The normalized spacial score (nSPS) is 23.1. The number of likely N-dealkylation sites (N-methyl/N-ethyl adjacent to an activating group) is 1. The van der Waals surface area contributed by atoms with Crippen LogP contribution in [-0.2, 0) is 31.0 Å². The Morgan fingerprint density at radius 3 is 2.33 bits per heavy atom. The van der Waals surface area contributed by atoms with Crippen LogP contribution in [0.25, 0.3) is 0 Å². The molecule has 1 heterocycles. The second-order valence-corrected chi connectivity index (χ2v) is 19.1. The number of aryl methyl sites for hydroxylation is 2. The molecular weight excluding hydrogens is 831 g/mol. The highest BCUT2D eigenvalue weighted by molar-refractivity contribution is 7.89. The van der Waals surface area contributed by atoms with Gasteiger partial charge in [-0.15, -0.1) is 6.58 Å². The fourth-order valence-corrected chi connectivity index (χ4v) is 11.1. The first-order valence-corrected chi connectivity index (χ1v) is 23.7. The number of ether oxygens (including phenoxy) is 3. The first-order chi connectivity index (χ1) is 30.9. The van der Waals surface area contributed by atoms with E-state index in [0.29, 0.717) is 41.5 Å². The quantitative estimate of drug-likeness (QED) is 0.0447. The van der Waals surface area contributed by atoms with Crippen LogP contribution >= 0.6 is 0 Å². The molecule has 0 aromatic heterocycles. The number of fused-ring (bicyclic) bond motifs is 2. The maximum absolute atomic E-state index is 14.9. The van der Waals surface area contributed by atoms with Crippen LogP contribution in [0.3, 0.4) is 0 Å². The number of carbonyl (C=O) groups excluding carboxylic acids is 1. The van der Waals surface area contributed by atoms with Gasteiger partial charge in [0.15, 0.2) is 0 Å². The number of hydrogen-bond donors (Lipinski definition) is 3. The van der Waals surface area contributed by atoms with Crippen molar-refractivity contribution in [3.05, 3.63) is 138 Å². The van der Waals surface area contributed by atoms with Gasteiger partial charge in [0.2, 0.25) is 21.7 Å². The van der Waals surface area contributed by atoms with E-state index in [9.17, 15) is 23.4 Å². The van der Waals surface area contributed by atoms with E-state index in [4.69, 9.17) is 24.2 Å². The number of sulfonamides is 1. The van der Waals surface area contributed by atoms with E-state index < -0.39 is 27.8 Å². The molecule has 1 aliphatic heterocycles. The second-order valence-electron chi connectivity index (χ2n) is 17.1. The highest BCUT2D eigenvalue weighted by atomic mass is 32.2. The number of carbonyl (C=O) groups is 1. The van der Waals surface area contributed by atoms with Crippen molar-refractivity contribution in [2.24, 2.45) is 22.9 Å². The maximum atomic E-state index is 14.9. The second kappa shape index (κ2) is 20.7. The van der Waals surface area contributed by atoms with E-state index in [-0.39, 0.29) is 61.4 Å². The largest absolute Gasteiger partial charge is 0.460 e. The van der Waals surface area contributed by atoms with E-state index in [2.05, 4.69) is 31.8 Å². The molecule has 4 aromatic carbocycles. The molecule has 0 spiro atoms. The molecular formula is C51H61N3O9S. The first kappa shape index (κ1) is 46.7. The average Bonchev–Trinajstić information content (AvgIpc) is 3.28. The third kappa shape index (κ3) is 9.99. The van der Waals surface area contributed by atoms with Crippen LogP contribution in [0.1, 0.15) is 80.0 Å². The summed E-state index contributed by atoms with van der Waals surface area (Å²) < 4.78 is 52.0. The molecule has 3 N–H and O–H groups in total. The van der Waals surface area contributed by atoms with Crippen molar-refractivity contribution in [3.8, 4) is 17.2 Å². The number of nitrogens with one attached hydrogen (secondary N) is 1. The zero-order valence-electron chi connectivity index (χ0n) is 37.2. The summed E-state index contributed by atoms with van der Waals surface area (Å²) in [6.45, 7) is 9.90. The van der Waals surface area contributed by atoms with Gasteiger partial charge < -0.3 is 34.6 Å². The summed E-state index contributed by atoms with van der Waals surface area (Å²) in [4.78, 5) is 18.0. The Hall–Kier alpha value is -5.31. The van der Waals surface area contributed by atoms with Crippen LogP contribution in [0.5, 0.6) is 17.2 Å². The van der Waals surface area contributed by atoms with Gasteiger partial charge in [-0.05, 0) is 128 Å². The van der Waals surface area contributed by atoms with Gasteiger partial charge in [0.1, 0.15) is 23.9 Å². The number of oxime groups is 1. The highest BCUT2D eigenvalue weighted by Gasteiger charge is 2.65. The third-order valence-electron chi connectivity index (χ3n) is 12.9. The minimum atomic E-state index is -4.24. The van der Waals surface area contributed by atoms with Crippen LogP contribution in [0.2, 0.25) is 0 Å². The number of unbranched alkanes of at least 4 members (excludes halogenated alkanes) is 2. The van der Waals surface area contributed by atoms with Gasteiger partial charge in [0, 0.05) is 50.8 Å². The van der Waals surface area contributed by atoms with Crippen molar-refractivity contribution in [2.45, 2.75) is 95.0 Å². The zero-order valence-corrected chi connectivity index (χ0v) is 38.1. The van der Waals surface area contributed by atoms with Crippen LogP contribution < -0.4 is 14.8 Å². The van der Waals surface area contributed by atoms with Crippen molar-refractivity contribution in [1.82, 2.24) is 4.31 Å². The Labute approximate surface area is 377 Å².